The lowest BCUT2D eigenvalue weighted by molar-refractivity contribution is 0.190. The van der Waals surface area contributed by atoms with Gasteiger partial charge in [-0.25, -0.2) is 0 Å². The predicted molar refractivity (Wildman–Crippen MR) is 78.4 cm³/mol. The molecule has 1 heterocycles. The van der Waals surface area contributed by atoms with Crippen LogP contribution >= 0.6 is 0 Å². The summed E-state index contributed by atoms with van der Waals surface area (Å²) in [5.41, 5.74) is 3.72. The van der Waals surface area contributed by atoms with E-state index in [4.69, 9.17) is 4.74 Å². The highest BCUT2D eigenvalue weighted by Crippen LogP contribution is 2.41. The summed E-state index contributed by atoms with van der Waals surface area (Å²) >= 11 is 0. The molecule has 0 saturated heterocycles. The quantitative estimate of drug-likeness (QED) is 0.808. The van der Waals surface area contributed by atoms with Crippen molar-refractivity contribution in [3.05, 3.63) is 54.1 Å². The number of fused-ring (bicyclic) bond motifs is 1. The summed E-state index contributed by atoms with van der Waals surface area (Å²) in [6.45, 7) is 0.791. The van der Waals surface area contributed by atoms with Crippen molar-refractivity contribution in [2.24, 2.45) is 0 Å². The molecule has 0 radical (unpaired) electrons. The van der Waals surface area contributed by atoms with Gasteiger partial charge in [0, 0.05) is 23.6 Å². The van der Waals surface area contributed by atoms with Crippen LogP contribution in [0.25, 0.3) is 11.1 Å². The summed E-state index contributed by atoms with van der Waals surface area (Å²) in [6, 6.07) is 17.4. The molecule has 98 valence electrons. The van der Waals surface area contributed by atoms with Crippen molar-refractivity contribution in [2.45, 2.75) is 12.5 Å². The van der Waals surface area contributed by atoms with Crippen LogP contribution in [0.2, 0.25) is 0 Å². The highest BCUT2D eigenvalue weighted by atomic mass is 16.5. The summed E-state index contributed by atoms with van der Waals surface area (Å²) < 4.78 is 5.96. The minimum atomic E-state index is 0.451. The molecule has 1 aliphatic rings. The van der Waals surface area contributed by atoms with Crippen molar-refractivity contribution in [1.82, 2.24) is 4.90 Å². The molecule has 0 bridgehead atoms. The second-order valence-corrected chi connectivity index (χ2v) is 5.21. The molecule has 2 heteroatoms. The second kappa shape index (κ2) is 5.06. The van der Waals surface area contributed by atoms with Gasteiger partial charge in [-0.1, -0.05) is 48.5 Å². The lowest BCUT2D eigenvalue weighted by Gasteiger charge is -2.32. The molecule has 0 N–H and O–H groups in total. The van der Waals surface area contributed by atoms with Crippen molar-refractivity contribution >= 4 is 0 Å². The van der Waals surface area contributed by atoms with E-state index < -0.39 is 0 Å². The molecule has 0 fully saturated rings. The van der Waals surface area contributed by atoms with E-state index in [1.54, 1.807) is 0 Å². The van der Waals surface area contributed by atoms with Gasteiger partial charge in [-0.3, -0.25) is 0 Å². The maximum Gasteiger partial charge on any atom is 0.131 e. The summed E-state index contributed by atoms with van der Waals surface area (Å²) in [5, 5.41) is 0. The first kappa shape index (κ1) is 12.2. The van der Waals surface area contributed by atoms with Crippen molar-refractivity contribution in [3.8, 4) is 16.9 Å². The Balaban J connectivity index is 2.11. The number of hydrogen-bond acceptors (Lipinski definition) is 2. The smallest absolute Gasteiger partial charge is 0.131 e. The summed E-state index contributed by atoms with van der Waals surface area (Å²) in [6.07, 6.45) is 1.05. The van der Waals surface area contributed by atoms with E-state index in [-0.39, 0.29) is 0 Å². The van der Waals surface area contributed by atoms with Gasteiger partial charge in [0.05, 0.1) is 6.61 Å². The van der Waals surface area contributed by atoms with Gasteiger partial charge in [0.15, 0.2) is 0 Å². The molecular weight excluding hydrogens is 234 g/mol. The minimum Gasteiger partial charge on any atom is -0.493 e. The average Bonchev–Trinajstić information content (AvgIpc) is 2.46. The topological polar surface area (TPSA) is 12.5 Å². The van der Waals surface area contributed by atoms with Gasteiger partial charge in [0.2, 0.25) is 0 Å². The van der Waals surface area contributed by atoms with Crippen LogP contribution in [0.1, 0.15) is 18.0 Å². The first-order valence-corrected chi connectivity index (χ1v) is 6.75. The van der Waals surface area contributed by atoms with Crippen LogP contribution in [0.4, 0.5) is 0 Å². The van der Waals surface area contributed by atoms with E-state index in [0.29, 0.717) is 6.04 Å². The van der Waals surface area contributed by atoms with E-state index in [1.165, 1.54) is 16.7 Å². The number of rotatable bonds is 2. The molecule has 1 aliphatic heterocycles. The monoisotopic (exact) mass is 253 g/mol. The SMILES string of the molecule is CN(C)C1CCOc2c(-c3ccccc3)cccc21. The Bertz CT molecular complexity index is 563. The Kier molecular flexibility index (Phi) is 3.26. The van der Waals surface area contributed by atoms with Gasteiger partial charge in [-0.15, -0.1) is 0 Å². The largest absolute Gasteiger partial charge is 0.493 e. The first-order valence-electron chi connectivity index (χ1n) is 6.75. The Labute approximate surface area is 114 Å². The Morgan fingerprint density at radius 3 is 2.53 bits per heavy atom. The zero-order chi connectivity index (χ0) is 13.2. The fraction of sp³-hybridized carbons (Fsp3) is 0.294. The van der Waals surface area contributed by atoms with Crippen LogP contribution < -0.4 is 4.74 Å². The van der Waals surface area contributed by atoms with Crippen LogP contribution in [0.5, 0.6) is 5.75 Å². The van der Waals surface area contributed by atoms with E-state index in [1.807, 2.05) is 6.07 Å². The summed E-state index contributed by atoms with van der Waals surface area (Å²) in [4.78, 5) is 2.27. The number of para-hydroxylation sites is 1. The Morgan fingerprint density at radius 2 is 1.79 bits per heavy atom. The van der Waals surface area contributed by atoms with Gasteiger partial charge in [-0.05, 0) is 19.7 Å². The van der Waals surface area contributed by atoms with Gasteiger partial charge < -0.3 is 9.64 Å². The number of ether oxygens (including phenoxy) is 1. The second-order valence-electron chi connectivity index (χ2n) is 5.21. The third-order valence-corrected chi connectivity index (χ3v) is 3.75. The van der Waals surface area contributed by atoms with Crippen LogP contribution in [0.3, 0.4) is 0 Å². The standard InChI is InChI=1S/C17H19NO/c1-18(2)16-11-12-19-17-14(9-6-10-15(16)17)13-7-4-3-5-8-13/h3-10,16H,11-12H2,1-2H3. The Hall–Kier alpha value is -1.80. The fourth-order valence-electron chi connectivity index (χ4n) is 2.79. The molecule has 2 aromatic carbocycles. The maximum atomic E-state index is 5.96. The number of benzene rings is 2. The van der Waals surface area contributed by atoms with Crippen molar-refractivity contribution < 1.29 is 4.74 Å². The molecular formula is C17H19NO. The van der Waals surface area contributed by atoms with E-state index >= 15 is 0 Å². The third-order valence-electron chi connectivity index (χ3n) is 3.75. The molecule has 0 aliphatic carbocycles. The first-order chi connectivity index (χ1) is 9.27. The van der Waals surface area contributed by atoms with Gasteiger partial charge >= 0.3 is 0 Å². The highest BCUT2D eigenvalue weighted by Gasteiger charge is 2.25. The average molecular weight is 253 g/mol. The number of hydrogen-bond donors (Lipinski definition) is 0. The van der Waals surface area contributed by atoms with Crippen molar-refractivity contribution in [3.63, 3.8) is 0 Å². The van der Waals surface area contributed by atoms with Crippen LogP contribution in [0.15, 0.2) is 48.5 Å². The maximum absolute atomic E-state index is 5.96. The molecule has 0 spiro atoms. The Morgan fingerprint density at radius 1 is 1.00 bits per heavy atom. The van der Waals surface area contributed by atoms with Gasteiger partial charge in [0.25, 0.3) is 0 Å². The summed E-state index contributed by atoms with van der Waals surface area (Å²) in [7, 11) is 4.27. The molecule has 1 atom stereocenters. The van der Waals surface area contributed by atoms with E-state index in [2.05, 4.69) is 61.5 Å². The normalized spacial score (nSPS) is 17.9. The number of nitrogens with zero attached hydrogens (tertiary/aromatic N) is 1. The van der Waals surface area contributed by atoms with E-state index in [0.717, 1.165) is 18.8 Å². The zero-order valence-corrected chi connectivity index (χ0v) is 11.5. The minimum absolute atomic E-state index is 0.451. The molecule has 0 amide bonds. The molecule has 1 unspecified atom stereocenters. The van der Waals surface area contributed by atoms with Crippen LogP contribution in [0, 0.1) is 0 Å². The molecule has 3 rings (SSSR count). The van der Waals surface area contributed by atoms with Crippen LogP contribution in [-0.2, 0) is 0 Å². The highest BCUT2D eigenvalue weighted by molar-refractivity contribution is 5.72. The predicted octanol–water partition coefficient (Wildman–Crippen LogP) is 3.74. The van der Waals surface area contributed by atoms with Gasteiger partial charge in [0.1, 0.15) is 5.75 Å². The van der Waals surface area contributed by atoms with Gasteiger partial charge in [-0.2, -0.15) is 0 Å². The molecule has 19 heavy (non-hydrogen) atoms. The molecule has 2 nitrogen and oxygen atoms in total. The molecule has 0 saturated carbocycles. The third kappa shape index (κ3) is 2.24. The van der Waals surface area contributed by atoms with Crippen molar-refractivity contribution in [1.29, 1.82) is 0 Å². The summed E-state index contributed by atoms with van der Waals surface area (Å²) in [5.74, 6) is 1.05. The van der Waals surface area contributed by atoms with E-state index in [9.17, 15) is 0 Å². The van der Waals surface area contributed by atoms with Crippen LogP contribution in [-0.4, -0.2) is 25.6 Å². The molecule has 2 aromatic rings. The van der Waals surface area contributed by atoms with Crippen molar-refractivity contribution in [2.75, 3.05) is 20.7 Å². The molecule has 0 aromatic heterocycles. The lowest BCUT2D eigenvalue weighted by atomic mass is 9.94. The lowest BCUT2D eigenvalue weighted by Crippen LogP contribution is -2.26. The fourth-order valence-corrected chi connectivity index (χ4v) is 2.79. The zero-order valence-electron chi connectivity index (χ0n) is 11.5.